The molecule has 4 heteroatoms. The van der Waals surface area contributed by atoms with E-state index in [2.05, 4.69) is 0 Å². The lowest BCUT2D eigenvalue weighted by molar-refractivity contribution is -0.145. The summed E-state index contributed by atoms with van der Waals surface area (Å²) in [5, 5.41) is 0. The van der Waals surface area contributed by atoms with Gasteiger partial charge in [-0.15, -0.1) is 0 Å². The number of esters is 1. The van der Waals surface area contributed by atoms with E-state index in [1.165, 1.54) is 0 Å². The maximum Gasteiger partial charge on any atom is 0.306 e. The smallest absolute Gasteiger partial charge is 0.306 e. The molecule has 0 radical (unpaired) electrons. The van der Waals surface area contributed by atoms with Gasteiger partial charge in [0.25, 0.3) is 0 Å². The number of hydrogen-bond donors (Lipinski definition) is 0. The van der Waals surface area contributed by atoms with Crippen LogP contribution >= 0.6 is 0 Å². The van der Waals surface area contributed by atoms with Crippen LogP contribution in [0.15, 0.2) is 0 Å². The fraction of sp³-hybridized carbons (Fsp3) is 0.833. The van der Waals surface area contributed by atoms with Crippen LogP contribution in [0.4, 0.5) is 0 Å². The number of hydrogen-bond acceptors (Lipinski definition) is 4. The molecule has 0 aromatic carbocycles. The average molecular weight is 228 g/mol. The van der Waals surface area contributed by atoms with Crippen molar-refractivity contribution in [3.63, 3.8) is 0 Å². The van der Waals surface area contributed by atoms with Crippen LogP contribution in [0.1, 0.15) is 45.4 Å². The number of ketones is 1. The SMILES string of the molecule is CCCCOC(=O)CCC(=O)C1CCCO1. The van der Waals surface area contributed by atoms with Crippen molar-refractivity contribution in [1.29, 1.82) is 0 Å². The summed E-state index contributed by atoms with van der Waals surface area (Å²) in [6.07, 6.45) is 3.77. The van der Waals surface area contributed by atoms with Crippen molar-refractivity contribution < 1.29 is 19.1 Å². The highest BCUT2D eigenvalue weighted by Crippen LogP contribution is 2.15. The molecule has 0 spiro atoms. The van der Waals surface area contributed by atoms with Crippen LogP contribution in [0.5, 0.6) is 0 Å². The Kier molecular flexibility index (Phi) is 6.08. The van der Waals surface area contributed by atoms with Crippen LogP contribution in [-0.2, 0) is 19.1 Å². The minimum Gasteiger partial charge on any atom is -0.466 e. The summed E-state index contributed by atoms with van der Waals surface area (Å²) < 4.78 is 10.2. The van der Waals surface area contributed by atoms with Crippen LogP contribution in [0.25, 0.3) is 0 Å². The van der Waals surface area contributed by atoms with Crippen molar-refractivity contribution in [2.24, 2.45) is 0 Å². The molecule has 0 aromatic heterocycles. The fourth-order valence-corrected chi connectivity index (χ4v) is 1.62. The molecule has 0 aliphatic carbocycles. The molecule has 1 saturated heterocycles. The molecule has 0 N–H and O–H groups in total. The third-order valence-corrected chi connectivity index (χ3v) is 2.63. The molecule has 0 aromatic rings. The van der Waals surface area contributed by atoms with Gasteiger partial charge in [-0.05, 0) is 19.3 Å². The van der Waals surface area contributed by atoms with E-state index < -0.39 is 0 Å². The van der Waals surface area contributed by atoms with E-state index >= 15 is 0 Å². The second kappa shape index (κ2) is 7.39. The number of carbonyl (C=O) groups is 2. The largest absolute Gasteiger partial charge is 0.466 e. The van der Waals surface area contributed by atoms with E-state index in [9.17, 15) is 9.59 Å². The van der Waals surface area contributed by atoms with Gasteiger partial charge >= 0.3 is 5.97 Å². The minimum absolute atomic E-state index is 0.0324. The molecule has 1 unspecified atom stereocenters. The summed E-state index contributed by atoms with van der Waals surface area (Å²) in [5.74, 6) is -0.246. The molecule has 4 nitrogen and oxygen atoms in total. The second-order valence-electron chi connectivity index (χ2n) is 4.04. The zero-order valence-corrected chi connectivity index (χ0v) is 9.87. The van der Waals surface area contributed by atoms with E-state index in [1.807, 2.05) is 6.92 Å². The molecule has 92 valence electrons. The quantitative estimate of drug-likeness (QED) is 0.493. The first-order chi connectivity index (χ1) is 7.74. The van der Waals surface area contributed by atoms with Gasteiger partial charge in [0.15, 0.2) is 5.78 Å². The Morgan fingerprint density at radius 3 is 2.81 bits per heavy atom. The van der Waals surface area contributed by atoms with E-state index in [0.29, 0.717) is 13.2 Å². The molecule has 0 amide bonds. The monoisotopic (exact) mass is 228 g/mol. The maximum atomic E-state index is 11.5. The Labute approximate surface area is 96.3 Å². The molecule has 1 atom stereocenters. The maximum absolute atomic E-state index is 11.5. The third-order valence-electron chi connectivity index (χ3n) is 2.63. The third kappa shape index (κ3) is 4.75. The molecular formula is C12H20O4. The van der Waals surface area contributed by atoms with Crippen molar-refractivity contribution in [2.45, 2.75) is 51.6 Å². The summed E-state index contributed by atoms with van der Waals surface area (Å²) in [7, 11) is 0. The van der Waals surface area contributed by atoms with Crippen molar-refractivity contribution in [3.05, 3.63) is 0 Å². The summed E-state index contributed by atoms with van der Waals surface area (Å²) in [4.78, 5) is 22.8. The Morgan fingerprint density at radius 1 is 1.38 bits per heavy atom. The minimum atomic E-state index is -0.278. The number of ether oxygens (including phenoxy) is 2. The van der Waals surface area contributed by atoms with Crippen LogP contribution in [0.3, 0.4) is 0 Å². The number of carbonyl (C=O) groups excluding carboxylic acids is 2. The average Bonchev–Trinajstić information content (AvgIpc) is 2.79. The fourth-order valence-electron chi connectivity index (χ4n) is 1.62. The standard InChI is InChI=1S/C12H20O4/c1-2-3-8-16-12(14)7-6-10(13)11-5-4-9-15-11/h11H,2-9H2,1H3. The number of unbranched alkanes of at least 4 members (excludes halogenated alkanes) is 1. The lowest BCUT2D eigenvalue weighted by atomic mass is 10.1. The van der Waals surface area contributed by atoms with Crippen molar-refractivity contribution in [2.75, 3.05) is 13.2 Å². The Hall–Kier alpha value is -0.900. The van der Waals surface area contributed by atoms with Crippen molar-refractivity contribution in [1.82, 2.24) is 0 Å². The first kappa shape index (κ1) is 13.2. The van der Waals surface area contributed by atoms with Crippen molar-refractivity contribution in [3.8, 4) is 0 Å². The first-order valence-corrected chi connectivity index (χ1v) is 6.04. The lowest BCUT2D eigenvalue weighted by Crippen LogP contribution is -2.20. The van der Waals surface area contributed by atoms with E-state index in [0.717, 1.165) is 25.7 Å². The molecule has 1 fully saturated rings. The van der Waals surface area contributed by atoms with Crippen LogP contribution in [-0.4, -0.2) is 31.1 Å². The first-order valence-electron chi connectivity index (χ1n) is 6.04. The summed E-state index contributed by atoms with van der Waals surface area (Å²) >= 11 is 0. The number of Topliss-reactive ketones (excluding diaryl/α,β-unsaturated/α-hetero) is 1. The van der Waals surface area contributed by atoms with E-state index in [1.54, 1.807) is 0 Å². The summed E-state index contributed by atoms with van der Waals surface area (Å²) in [5.41, 5.74) is 0. The van der Waals surface area contributed by atoms with Crippen LogP contribution < -0.4 is 0 Å². The van der Waals surface area contributed by atoms with Gasteiger partial charge in [-0.3, -0.25) is 9.59 Å². The van der Waals surface area contributed by atoms with Gasteiger partial charge in [-0.25, -0.2) is 0 Å². The van der Waals surface area contributed by atoms with Gasteiger partial charge in [0, 0.05) is 13.0 Å². The van der Waals surface area contributed by atoms with Gasteiger partial charge in [0.05, 0.1) is 13.0 Å². The van der Waals surface area contributed by atoms with Gasteiger partial charge in [0.2, 0.25) is 0 Å². The van der Waals surface area contributed by atoms with Gasteiger partial charge in [-0.1, -0.05) is 13.3 Å². The second-order valence-corrected chi connectivity index (χ2v) is 4.04. The zero-order chi connectivity index (χ0) is 11.8. The van der Waals surface area contributed by atoms with E-state index in [-0.39, 0.29) is 30.7 Å². The highest BCUT2D eigenvalue weighted by atomic mass is 16.5. The van der Waals surface area contributed by atoms with Crippen molar-refractivity contribution >= 4 is 11.8 Å². The van der Waals surface area contributed by atoms with Gasteiger partial charge in [-0.2, -0.15) is 0 Å². The summed E-state index contributed by atoms with van der Waals surface area (Å²) in [6.45, 7) is 3.16. The Balaban J connectivity index is 2.08. The molecule has 0 saturated carbocycles. The molecule has 1 heterocycles. The topological polar surface area (TPSA) is 52.6 Å². The molecule has 0 bridgehead atoms. The molecule has 1 aliphatic heterocycles. The molecule has 16 heavy (non-hydrogen) atoms. The summed E-state index contributed by atoms with van der Waals surface area (Å²) in [6, 6.07) is 0. The lowest BCUT2D eigenvalue weighted by Gasteiger charge is -2.07. The van der Waals surface area contributed by atoms with Gasteiger partial charge in [0.1, 0.15) is 6.10 Å². The highest BCUT2D eigenvalue weighted by molar-refractivity contribution is 5.86. The molecular weight excluding hydrogens is 208 g/mol. The Morgan fingerprint density at radius 2 is 2.19 bits per heavy atom. The normalized spacial score (nSPS) is 19.7. The molecule has 1 aliphatic rings. The van der Waals surface area contributed by atoms with Gasteiger partial charge < -0.3 is 9.47 Å². The van der Waals surface area contributed by atoms with Crippen LogP contribution in [0.2, 0.25) is 0 Å². The Bertz CT molecular complexity index is 231. The molecule has 1 rings (SSSR count). The predicted molar refractivity (Wildman–Crippen MR) is 59.1 cm³/mol. The number of rotatable bonds is 7. The van der Waals surface area contributed by atoms with Crippen LogP contribution in [0, 0.1) is 0 Å². The predicted octanol–water partition coefficient (Wildman–Crippen LogP) is 1.86. The van der Waals surface area contributed by atoms with E-state index in [4.69, 9.17) is 9.47 Å². The zero-order valence-electron chi connectivity index (χ0n) is 9.87. The highest BCUT2D eigenvalue weighted by Gasteiger charge is 2.23.